The number of hydrogen-bond acceptors (Lipinski definition) is 8. The molecule has 4 aliphatic carbocycles. The number of rotatable bonds is 9. The normalized spacial score (nSPS) is 22.6. The van der Waals surface area contributed by atoms with Crippen LogP contribution in [-0.2, 0) is 51.6 Å². The zero-order chi connectivity index (χ0) is 43.8. The van der Waals surface area contributed by atoms with Crippen molar-refractivity contribution in [2.45, 2.75) is 122 Å². The van der Waals surface area contributed by atoms with Crippen molar-refractivity contribution in [3.8, 4) is 0 Å². The van der Waals surface area contributed by atoms with Gasteiger partial charge in [0.15, 0.2) is 11.4 Å². The molecule has 10 rings (SSSR count). The number of amides is 2. The van der Waals surface area contributed by atoms with Crippen molar-refractivity contribution in [3.05, 3.63) is 104 Å². The van der Waals surface area contributed by atoms with Crippen molar-refractivity contribution in [1.82, 2.24) is 29.4 Å². The third-order valence-corrected chi connectivity index (χ3v) is 14.9. The summed E-state index contributed by atoms with van der Waals surface area (Å²) in [6, 6.07) is 11.5. The number of piperidine rings is 2. The molecule has 0 bridgehead atoms. The summed E-state index contributed by atoms with van der Waals surface area (Å²) in [4.78, 5) is 53.3. The quantitative estimate of drug-likeness (QED) is 0.193. The number of hydrogen-bond donors (Lipinski definition) is 1. The SMILES string of the molecule is CCOC(=O)c1nn(CC(=O)N2CCC(F)(c3cccc(C)c3C)CC2)c2c1[C@@H]1C[C@@H]1C2.Cc1cccc(C2(F)CCN(C(=O)Cn3nc(C(=O)O)c4c3C[C@H]3C[C@@H]43)CC2)c1C.[Li+].[OH-]. The van der Waals surface area contributed by atoms with Crippen molar-refractivity contribution in [3.63, 3.8) is 0 Å². The summed E-state index contributed by atoms with van der Waals surface area (Å²) in [5.41, 5.74) is 6.95. The molecule has 2 aromatic heterocycles. The van der Waals surface area contributed by atoms with Crippen LogP contribution >= 0.6 is 0 Å². The molecule has 4 heterocycles. The number of aryl methyl sites for hydroxylation is 2. The van der Waals surface area contributed by atoms with Gasteiger partial charge in [-0.1, -0.05) is 36.4 Å². The van der Waals surface area contributed by atoms with E-state index >= 15 is 8.78 Å². The van der Waals surface area contributed by atoms with E-state index in [0.29, 0.717) is 75.0 Å². The maximum atomic E-state index is 15.8. The second-order valence-corrected chi connectivity index (χ2v) is 18.6. The van der Waals surface area contributed by atoms with Gasteiger partial charge in [-0.2, -0.15) is 10.2 Å². The van der Waals surface area contributed by atoms with Crippen LogP contribution in [0.3, 0.4) is 0 Å². The molecule has 4 aromatic rings. The van der Waals surface area contributed by atoms with Crippen LogP contribution in [0.4, 0.5) is 8.78 Å². The molecule has 16 heteroatoms. The Kier molecular flexibility index (Phi) is 13.1. The minimum Gasteiger partial charge on any atom is -0.870 e. The summed E-state index contributed by atoms with van der Waals surface area (Å²) in [7, 11) is 0. The third kappa shape index (κ3) is 8.44. The molecule has 6 aliphatic rings. The molecule has 0 radical (unpaired) electrons. The van der Waals surface area contributed by atoms with Gasteiger partial charge in [0, 0.05) is 74.4 Å². The number of carbonyl (C=O) groups is 4. The molecule has 2 amide bonds. The number of carbonyl (C=O) groups excluding carboxylic acids is 3. The minimum absolute atomic E-state index is 0. The molecule has 0 unspecified atom stereocenters. The van der Waals surface area contributed by atoms with Crippen LogP contribution in [-0.4, -0.2) is 96.5 Å². The number of aromatic nitrogens is 4. The maximum Gasteiger partial charge on any atom is 1.00 e. The second kappa shape index (κ2) is 17.9. The maximum absolute atomic E-state index is 15.8. The number of benzene rings is 2. The monoisotopic (exact) mass is 874 g/mol. The first-order valence-electron chi connectivity index (χ1n) is 22.3. The van der Waals surface area contributed by atoms with Crippen LogP contribution in [0.2, 0.25) is 0 Å². The summed E-state index contributed by atoms with van der Waals surface area (Å²) in [5.74, 6) is 0.127. The zero-order valence-corrected chi connectivity index (χ0v) is 37.8. The number of ether oxygens (including phenoxy) is 1. The molecule has 0 spiro atoms. The first kappa shape index (κ1) is 47.1. The van der Waals surface area contributed by atoms with Crippen molar-refractivity contribution in [1.29, 1.82) is 0 Å². The predicted octanol–water partition coefficient (Wildman–Crippen LogP) is 4.00. The Bertz CT molecular complexity index is 2490. The van der Waals surface area contributed by atoms with E-state index < -0.39 is 23.3 Å². The van der Waals surface area contributed by atoms with Gasteiger partial charge in [-0.15, -0.1) is 0 Å². The van der Waals surface area contributed by atoms with Gasteiger partial charge in [-0.05, 0) is 117 Å². The number of esters is 1. The number of carboxylic acids is 1. The average molecular weight is 875 g/mol. The van der Waals surface area contributed by atoms with Crippen molar-refractivity contribution in [2.75, 3.05) is 32.8 Å². The number of likely N-dealkylation sites (tertiary alicyclic amines) is 2. The second-order valence-electron chi connectivity index (χ2n) is 18.6. The van der Waals surface area contributed by atoms with Gasteiger partial charge in [0.25, 0.3) is 0 Å². The molecule has 336 valence electrons. The standard InChI is InChI=1S/C25H30FN3O3.C23H26FN3O3.Li.H2O/c1-4-32-24(31)23-22-18-12-17(18)13-20(22)29(27-23)14-21(30)28-10-8-25(26,9-11-28)19-7-5-6-15(2)16(19)3;1-13-4-3-5-17(14(13)2)23(24)6-8-26(9-7-23)19(28)12-27-18-11-15-10-16(15)20(18)21(25-27)22(29)30;;/h5-7,17-18H,4,8-14H2,1-3H3;3-5,15-16H,6-12H2,1-2H3,(H,29,30);;1H2/q;;+1;/p-1/t17-,18-;15-,16-;;/m11../s1. The topological polar surface area (TPSA) is 170 Å². The van der Waals surface area contributed by atoms with E-state index in [2.05, 4.69) is 10.2 Å². The minimum atomic E-state index is -1.42. The fraction of sp³-hybridized carbons (Fsp3) is 0.542. The average Bonchev–Trinajstić information content (AvgIpc) is 3.99. The Balaban J connectivity index is 0.000000186. The molecule has 4 atom stereocenters. The van der Waals surface area contributed by atoms with Gasteiger partial charge >= 0.3 is 30.8 Å². The largest absolute Gasteiger partial charge is 1.00 e. The summed E-state index contributed by atoms with van der Waals surface area (Å²) < 4.78 is 40.0. The van der Waals surface area contributed by atoms with Crippen molar-refractivity contribution >= 4 is 23.8 Å². The molecule has 2 aliphatic heterocycles. The fourth-order valence-corrected chi connectivity index (χ4v) is 10.8. The van der Waals surface area contributed by atoms with E-state index in [1.165, 1.54) is 0 Å². The van der Waals surface area contributed by atoms with Crippen LogP contribution in [0, 0.1) is 39.5 Å². The molecule has 2 aromatic carbocycles. The molecular weight excluding hydrogens is 817 g/mol. The van der Waals surface area contributed by atoms with Gasteiger partial charge in [-0.3, -0.25) is 19.0 Å². The van der Waals surface area contributed by atoms with Crippen LogP contribution < -0.4 is 18.9 Å². The number of alkyl halides is 2. The smallest absolute Gasteiger partial charge is 0.870 e. The third-order valence-electron chi connectivity index (χ3n) is 14.9. The van der Waals surface area contributed by atoms with E-state index in [4.69, 9.17) is 4.74 Å². The van der Waals surface area contributed by atoms with Gasteiger partial charge in [0.1, 0.15) is 24.4 Å². The summed E-state index contributed by atoms with van der Waals surface area (Å²) in [5, 5.41) is 18.2. The van der Waals surface area contributed by atoms with Crippen LogP contribution in [0.1, 0.15) is 134 Å². The first-order valence-corrected chi connectivity index (χ1v) is 22.3. The number of halogens is 2. The van der Waals surface area contributed by atoms with Crippen molar-refractivity contribution < 1.29 is 62.1 Å². The number of aromatic carboxylic acids is 1. The number of fused-ring (bicyclic) bond motifs is 6. The Hall–Kier alpha value is -4.84. The number of nitrogens with zero attached hydrogens (tertiary/aromatic N) is 6. The van der Waals surface area contributed by atoms with E-state index in [9.17, 15) is 24.3 Å². The molecule has 2 N–H and O–H groups in total. The predicted molar refractivity (Wildman–Crippen MR) is 227 cm³/mol. The molecular formula is C48H57F2LiN6O7. The van der Waals surface area contributed by atoms with Gasteiger partial charge in [0.2, 0.25) is 11.8 Å². The Morgan fingerprint density at radius 1 is 0.703 bits per heavy atom. The Labute approximate surface area is 384 Å². The molecule has 4 fully saturated rings. The fourth-order valence-electron chi connectivity index (χ4n) is 10.8. The zero-order valence-electron chi connectivity index (χ0n) is 37.8. The number of carboxylic acid groups (broad SMARTS) is 1. The Morgan fingerprint density at radius 2 is 1.11 bits per heavy atom. The van der Waals surface area contributed by atoms with Gasteiger partial charge in [0.05, 0.1) is 6.61 Å². The van der Waals surface area contributed by atoms with E-state index in [1.807, 2.05) is 64.1 Å². The van der Waals surface area contributed by atoms with Gasteiger partial charge < -0.3 is 25.1 Å². The summed E-state index contributed by atoms with van der Waals surface area (Å²) in [6.07, 6.45) is 4.89. The molecule has 2 saturated carbocycles. The van der Waals surface area contributed by atoms with Gasteiger partial charge in [-0.25, -0.2) is 18.4 Å². The van der Waals surface area contributed by atoms with E-state index in [1.54, 1.807) is 26.1 Å². The summed E-state index contributed by atoms with van der Waals surface area (Å²) >= 11 is 0. The van der Waals surface area contributed by atoms with Crippen LogP contribution in [0.25, 0.3) is 0 Å². The summed E-state index contributed by atoms with van der Waals surface area (Å²) in [6.45, 7) is 11.5. The molecule has 64 heavy (non-hydrogen) atoms. The van der Waals surface area contributed by atoms with Crippen molar-refractivity contribution in [2.24, 2.45) is 11.8 Å². The molecule has 2 saturated heterocycles. The Morgan fingerprint density at radius 3 is 1.52 bits per heavy atom. The molecule has 13 nitrogen and oxygen atoms in total. The first-order chi connectivity index (χ1) is 29.6. The van der Waals surface area contributed by atoms with E-state index in [-0.39, 0.29) is 67.8 Å². The van der Waals surface area contributed by atoms with E-state index in [0.717, 1.165) is 81.6 Å². The van der Waals surface area contributed by atoms with Crippen LogP contribution in [0.15, 0.2) is 36.4 Å². The van der Waals surface area contributed by atoms with Crippen LogP contribution in [0.5, 0.6) is 0 Å².